The van der Waals surface area contributed by atoms with Gasteiger partial charge in [0.1, 0.15) is 5.75 Å². The van der Waals surface area contributed by atoms with Gasteiger partial charge in [-0.15, -0.1) is 12.4 Å². The Bertz CT molecular complexity index is 449. The molecular weight excluding hydrogens is 299 g/mol. The van der Waals surface area contributed by atoms with Crippen LogP contribution < -0.4 is 15.4 Å². The molecule has 1 aliphatic rings. The van der Waals surface area contributed by atoms with Crippen LogP contribution in [0.2, 0.25) is 5.02 Å². The average Bonchev–Trinajstić information content (AvgIpc) is 2.46. The van der Waals surface area contributed by atoms with Crippen LogP contribution in [0.4, 0.5) is 0 Å². The molecule has 1 aromatic carbocycles. The Kier molecular flexibility index (Phi) is 7.13. The number of piperidine rings is 1. The number of amides is 1. The van der Waals surface area contributed by atoms with Gasteiger partial charge in [0, 0.05) is 23.0 Å². The molecule has 0 unspecified atom stereocenters. The zero-order valence-corrected chi connectivity index (χ0v) is 13.0. The molecule has 0 radical (unpaired) electrons. The third-order valence-electron chi connectivity index (χ3n) is 3.45. The summed E-state index contributed by atoms with van der Waals surface area (Å²) >= 11 is 6.14. The van der Waals surface area contributed by atoms with Crippen LogP contribution in [0.5, 0.6) is 5.75 Å². The maximum atomic E-state index is 12.1. The fourth-order valence-corrected chi connectivity index (χ4v) is 2.54. The van der Waals surface area contributed by atoms with E-state index in [0.29, 0.717) is 17.3 Å². The van der Waals surface area contributed by atoms with Gasteiger partial charge in [0.15, 0.2) is 0 Å². The number of benzene rings is 1. The van der Waals surface area contributed by atoms with Gasteiger partial charge >= 0.3 is 0 Å². The largest absolute Gasteiger partial charge is 0.496 e. The van der Waals surface area contributed by atoms with Gasteiger partial charge in [-0.3, -0.25) is 4.79 Å². The van der Waals surface area contributed by atoms with E-state index < -0.39 is 0 Å². The van der Waals surface area contributed by atoms with Crippen LogP contribution in [0.25, 0.3) is 0 Å². The molecule has 1 aromatic rings. The molecule has 20 heavy (non-hydrogen) atoms. The fourth-order valence-electron chi connectivity index (χ4n) is 2.31. The zero-order chi connectivity index (χ0) is 13.7. The van der Waals surface area contributed by atoms with Crippen molar-refractivity contribution >= 4 is 29.9 Å². The van der Waals surface area contributed by atoms with Crippen LogP contribution in [-0.2, 0) is 11.3 Å². The molecule has 0 spiro atoms. The van der Waals surface area contributed by atoms with Crippen molar-refractivity contribution in [3.05, 3.63) is 28.8 Å². The van der Waals surface area contributed by atoms with Gasteiger partial charge in [0.05, 0.1) is 7.11 Å². The summed E-state index contributed by atoms with van der Waals surface area (Å²) in [6.45, 7) is 2.23. The van der Waals surface area contributed by atoms with Crippen LogP contribution in [0.1, 0.15) is 18.4 Å². The van der Waals surface area contributed by atoms with Gasteiger partial charge in [-0.2, -0.15) is 0 Å². The highest BCUT2D eigenvalue weighted by Crippen LogP contribution is 2.26. The van der Waals surface area contributed by atoms with E-state index in [-0.39, 0.29) is 24.2 Å². The number of ether oxygens (including phenoxy) is 1. The van der Waals surface area contributed by atoms with Crippen molar-refractivity contribution in [1.29, 1.82) is 0 Å². The van der Waals surface area contributed by atoms with Crippen LogP contribution in [0, 0.1) is 5.92 Å². The predicted octanol–water partition coefficient (Wildman–Crippen LogP) is 2.39. The summed E-state index contributed by atoms with van der Waals surface area (Å²) in [7, 11) is 1.60. The number of hydrogen-bond acceptors (Lipinski definition) is 3. The number of carbonyl (C=O) groups is 1. The first-order valence-corrected chi connectivity index (χ1v) is 6.90. The summed E-state index contributed by atoms with van der Waals surface area (Å²) in [5, 5.41) is 6.82. The van der Waals surface area contributed by atoms with Crippen LogP contribution in [0.3, 0.4) is 0 Å². The smallest absolute Gasteiger partial charge is 0.223 e. The topological polar surface area (TPSA) is 50.4 Å². The lowest BCUT2D eigenvalue weighted by Gasteiger charge is -2.22. The molecule has 1 amide bonds. The Morgan fingerprint density at radius 3 is 2.80 bits per heavy atom. The highest BCUT2D eigenvalue weighted by atomic mass is 35.5. The van der Waals surface area contributed by atoms with E-state index in [1.165, 1.54) is 0 Å². The second-order valence-electron chi connectivity index (χ2n) is 4.66. The number of nitrogens with one attached hydrogen (secondary N) is 2. The maximum Gasteiger partial charge on any atom is 0.223 e. The SMILES string of the molecule is COc1cccc(Cl)c1CNC(=O)C1CCNCC1.Cl. The van der Waals surface area contributed by atoms with Crippen LogP contribution >= 0.6 is 24.0 Å². The van der Waals surface area contributed by atoms with Crippen molar-refractivity contribution in [3.8, 4) is 5.75 Å². The minimum Gasteiger partial charge on any atom is -0.496 e. The highest BCUT2D eigenvalue weighted by molar-refractivity contribution is 6.31. The van der Waals surface area contributed by atoms with Gasteiger partial charge in [-0.05, 0) is 38.1 Å². The molecule has 6 heteroatoms. The lowest BCUT2D eigenvalue weighted by atomic mass is 9.97. The molecule has 0 bridgehead atoms. The number of rotatable bonds is 4. The maximum absolute atomic E-state index is 12.1. The minimum absolute atomic E-state index is 0. The molecule has 0 aromatic heterocycles. The summed E-state index contributed by atoms with van der Waals surface area (Å²) in [5.41, 5.74) is 0.828. The van der Waals surface area contributed by atoms with Gasteiger partial charge < -0.3 is 15.4 Å². The first kappa shape index (κ1) is 17.1. The summed E-state index contributed by atoms with van der Waals surface area (Å²) < 4.78 is 5.26. The van der Waals surface area contributed by atoms with Gasteiger partial charge in [0.25, 0.3) is 0 Å². The van der Waals surface area contributed by atoms with E-state index in [1.807, 2.05) is 12.1 Å². The molecule has 2 rings (SSSR count). The first-order valence-electron chi connectivity index (χ1n) is 6.52. The second-order valence-corrected chi connectivity index (χ2v) is 5.07. The molecule has 4 nitrogen and oxygen atoms in total. The second kappa shape index (κ2) is 8.35. The minimum atomic E-state index is 0. The molecule has 2 N–H and O–H groups in total. The van der Waals surface area contributed by atoms with E-state index in [0.717, 1.165) is 31.5 Å². The monoisotopic (exact) mass is 318 g/mol. The van der Waals surface area contributed by atoms with Gasteiger partial charge in [-0.25, -0.2) is 0 Å². The molecule has 112 valence electrons. The third kappa shape index (κ3) is 4.27. The number of hydrogen-bond donors (Lipinski definition) is 2. The highest BCUT2D eigenvalue weighted by Gasteiger charge is 2.21. The Balaban J connectivity index is 0.00000200. The van der Waals surface area contributed by atoms with Gasteiger partial charge in [0.2, 0.25) is 5.91 Å². The van der Waals surface area contributed by atoms with Crippen molar-refractivity contribution in [2.75, 3.05) is 20.2 Å². The van der Waals surface area contributed by atoms with E-state index in [9.17, 15) is 4.79 Å². The normalized spacial score (nSPS) is 15.3. The van der Waals surface area contributed by atoms with Crippen molar-refractivity contribution in [2.45, 2.75) is 19.4 Å². The Hall–Kier alpha value is -0.970. The fraction of sp³-hybridized carbons (Fsp3) is 0.500. The van der Waals surface area contributed by atoms with Crippen molar-refractivity contribution in [1.82, 2.24) is 10.6 Å². The van der Waals surface area contributed by atoms with Gasteiger partial charge in [-0.1, -0.05) is 17.7 Å². The molecule has 0 atom stereocenters. The molecule has 0 saturated carbocycles. The van der Waals surface area contributed by atoms with Crippen LogP contribution in [0.15, 0.2) is 18.2 Å². The predicted molar refractivity (Wildman–Crippen MR) is 82.7 cm³/mol. The van der Waals surface area contributed by atoms with E-state index in [1.54, 1.807) is 13.2 Å². The summed E-state index contributed by atoms with van der Waals surface area (Å²) in [5.74, 6) is 0.913. The van der Waals surface area contributed by atoms with Crippen molar-refractivity contribution in [3.63, 3.8) is 0 Å². The Morgan fingerprint density at radius 1 is 1.45 bits per heavy atom. The van der Waals surface area contributed by atoms with E-state index in [4.69, 9.17) is 16.3 Å². The Morgan fingerprint density at radius 2 is 2.15 bits per heavy atom. The van der Waals surface area contributed by atoms with E-state index in [2.05, 4.69) is 10.6 Å². The molecule has 0 aliphatic carbocycles. The standard InChI is InChI=1S/C14H19ClN2O2.ClH/c1-19-13-4-2-3-12(15)11(13)9-17-14(18)10-5-7-16-8-6-10;/h2-4,10,16H,5-9H2,1H3,(H,17,18);1H. The third-order valence-corrected chi connectivity index (χ3v) is 3.80. The quantitative estimate of drug-likeness (QED) is 0.896. The molecular formula is C14H20Cl2N2O2. The molecule has 1 heterocycles. The number of halogens is 2. The molecule has 1 fully saturated rings. The summed E-state index contributed by atoms with van der Waals surface area (Å²) in [6.07, 6.45) is 1.79. The number of methoxy groups -OCH3 is 1. The molecule has 1 aliphatic heterocycles. The number of carbonyl (C=O) groups excluding carboxylic acids is 1. The van der Waals surface area contributed by atoms with Crippen LogP contribution in [-0.4, -0.2) is 26.1 Å². The van der Waals surface area contributed by atoms with Crippen molar-refractivity contribution < 1.29 is 9.53 Å². The zero-order valence-electron chi connectivity index (χ0n) is 11.4. The first-order chi connectivity index (χ1) is 9.22. The molecule has 1 saturated heterocycles. The lowest BCUT2D eigenvalue weighted by molar-refractivity contribution is -0.125. The van der Waals surface area contributed by atoms with Crippen molar-refractivity contribution in [2.24, 2.45) is 5.92 Å². The average molecular weight is 319 g/mol. The van der Waals surface area contributed by atoms with E-state index >= 15 is 0 Å². The summed E-state index contributed by atoms with van der Waals surface area (Å²) in [6, 6.07) is 5.48. The summed E-state index contributed by atoms with van der Waals surface area (Å²) in [4.78, 5) is 12.1. The lowest BCUT2D eigenvalue weighted by Crippen LogP contribution is -2.37. The Labute approximate surface area is 130 Å².